The molecule has 2 nitrogen and oxygen atoms in total. The Bertz CT molecular complexity index is 558. The van der Waals surface area contributed by atoms with Crippen LogP contribution in [0.4, 0.5) is 0 Å². The van der Waals surface area contributed by atoms with Gasteiger partial charge in [-0.3, -0.25) is 0 Å². The molecule has 0 saturated carbocycles. The lowest BCUT2D eigenvalue weighted by atomic mass is 10.2. The highest BCUT2D eigenvalue weighted by molar-refractivity contribution is 7.99. The first-order valence-electron chi connectivity index (χ1n) is 6.73. The highest BCUT2D eigenvalue weighted by Gasteiger charge is 2.06. The number of pyridine rings is 1. The molecule has 2 aromatic rings. The Labute approximate surface area is 130 Å². The third kappa shape index (κ3) is 4.82. The summed E-state index contributed by atoms with van der Waals surface area (Å²) >= 11 is 7.67. The van der Waals surface area contributed by atoms with Crippen LogP contribution in [0.25, 0.3) is 0 Å². The van der Waals surface area contributed by atoms with Crippen molar-refractivity contribution in [3.8, 4) is 0 Å². The molecular weight excluding hydrogens is 288 g/mol. The minimum absolute atomic E-state index is 0.649. The Morgan fingerprint density at radius 1 is 1.25 bits per heavy atom. The minimum Gasteiger partial charge on any atom is -0.312 e. The van der Waals surface area contributed by atoms with Crippen molar-refractivity contribution in [3.05, 3.63) is 53.2 Å². The standard InChI is InChI=1S/C16H19ClN2S/c1-12(2)10-18-11-13-5-4-8-19-16(13)20-15-7-3-6-14(17)9-15/h3-9,12,18H,10-11H2,1-2H3. The van der Waals surface area contributed by atoms with Gasteiger partial charge in [-0.2, -0.15) is 0 Å². The molecule has 1 aromatic carbocycles. The molecule has 0 amide bonds. The van der Waals surface area contributed by atoms with Crippen LogP contribution >= 0.6 is 23.4 Å². The summed E-state index contributed by atoms with van der Waals surface area (Å²) < 4.78 is 0. The summed E-state index contributed by atoms with van der Waals surface area (Å²) in [6.07, 6.45) is 1.83. The fourth-order valence-electron chi connectivity index (χ4n) is 1.79. The van der Waals surface area contributed by atoms with Crippen molar-refractivity contribution in [2.24, 2.45) is 5.92 Å². The molecular formula is C16H19ClN2S. The lowest BCUT2D eigenvalue weighted by molar-refractivity contribution is 0.549. The fourth-order valence-corrected chi connectivity index (χ4v) is 2.98. The van der Waals surface area contributed by atoms with Gasteiger partial charge in [0.25, 0.3) is 0 Å². The van der Waals surface area contributed by atoms with Crippen molar-refractivity contribution < 1.29 is 0 Å². The van der Waals surface area contributed by atoms with Gasteiger partial charge < -0.3 is 5.32 Å². The first kappa shape index (κ1) is 15.4. The highest BCUT2D eigenvalue weighted by atomic mass is 35.5. The summed E-state index contributed by atoms with van der Waals surface area (Å²) in [4.78, 5) is 5.59. The molecule has 1 aromatic heterocycles. The Balaban J connectivity index is 2.07. The Morgan fingerprint density at radius 2 is 2.10 bits per heavy atom. The smallest absolute Gasteiger partial charge is 0.105 e. The van der Waals surface area contributed by atoms with Gasteiger partial charge in [-0.05, 0) is 42.3 Å². The van der Waals surface area contributed by atoms with Crippen LogP contribution in [0.2, 0.25) is 5.02 Å². The number of halogens is 1. The van der Waals surface area contributed by atoms with Gasteiger partial charge in [0.2, 0.25) is 0 Å². The predicted octanol–water partition coefficient (Wildman–Crippen LogP) is 4.63. The van der Waals surface area contributed by atoms with Gasteiger partial charge in [-0.1, -0.05) is 49.3 Å². The number of benzene rings is 1. The molecule has 0 saturated heterocycles. The quantitative estimate of drug-likeness (QED) is 0.842. The normalized spacial score (nSPS) is 11.0. The molecule has 1 heterocycles. The van der Waals surface area contributed by atoms with Gasteiger partial charge in [0, 0.05) is 22.7 Å². The van der Waals surface area contributed by atoms with Crippen LogP contribution in [0.1, 0.15) is 19.4 Å². The summed E-state index contributed by atoms with van der Waals surface area (Å²) in [7, 11) is 0. The average molecular weight is 307 g/mol. The number of nitrogens with zero attached hydrogens (tertiary/aromatic N) is 1. The lowest BCUT2D eigenvalue weighted by Crippen LogP contribution is -2.19. The molecule has 1 N–H and O–H groups in total. The van der Waals surface area contributed by atoms with E-state index in [9.17, 15) is 0 Å². The third-order valence-corrected chi connectivity index (χ3v) is 4.01. The van der Waals surface area contributed by atoms with E-state index in [0.717, 1.165) is 28.0 Å². The van der Waals surface area contributed by atoms with E-state index >= 15 is 0 Å². The van der Waals surface area contributed by atoms with E-state index in [1.54, 1.807) is 11.8 Å². The maximum atomic E-state index is 6.02. The lowest BCUT2D eigenvalue weighted by Gasteiger charge is -2.10. The molecule has 20 heavy (non-hydrogen) atoms. The van der Waals surface area contributed by atoms with Crippen LogP contribution in [0.5, 0.6) is 0 Å². The summed E-state index contributed by atoms with van der Waals surface area (Å²) in [6, 6.07) is 12.0. The summed E-state index contributed by atoms with van der Waals surface area (Å²) in [5.74, 6) is 0.649. The van der Waals surface area contributed by atoms with Crippen molar-refractivity contribution in [2.75, 3.05) is 6.54 Å². The van der Waals surface area contributed by atoms with Gasteiger partial charge in [0.1, 0.15) is 5.03 Å². The van der Waals surface area contributed by atoms with Crippen LogP contribution in [0, 0.1) is 5.92 Å². The molecule has 0 unspecified atom stereocenters. The summed E-state index contributed by atoms with van der Waals surface area (Å²) in [5.41, 5.74) is 1.22. The van der Waals surface area contributed by atoms with E-state index in [4.69, 9.17) is 11.6 Å². The maximum Gasteiger partial charge on any atom is 0.105 e. The van der Waals surface area contributed by atoms with Gasteiger partial charge in [-0.25, -0.2) is 4.98 Å². The zero-order chi connectivity index (χ0) is 14.4. The molecule has 0 aliphatic carbocycles. The molecule has 0 spiro atoms. The molecule has 0 fully saturated rings. The maximum absolute atomic E-state index is 6.02. The van der Waals surface area contributed by atoms with Crippen molar-refractivity contribution in [3.63, 3.8) is 0 Å². The number of hydrogen-bond acceptors (Lipinski definition) is 3. The van der Waals surface area contributed by atoms with Crippen LogP contribution in [0.15, 0.2) is 52.5 Å². The highest BCUT2D eigenvalue weighted by Crippen LogP contribution is 2.30. The predicted molar refractivity (Wildman–Crippen MR) is 86.4 cm³/mol. The van der Waals surface area contributed by atoms with Gasteiger partial charge in [0.15, 0.2) is 0 Å². The number of aromatic nitrogens is 1. The molecule has 106 valence electrons. The Morgan fingerprint density at radius 3 is 2.85 bits per heavy atom. The van der Waals surface area contributed by atoms with Crippen molar-refractivity contribution in [1.29, 1.82) is 0 Å². The molecule has 0 aliphatic rings. The first-order valence-corrected chi connectivity index (χ1v) is 7.92. The van der Waals surface area contributed by atoms with E-state index in [1.165, 1.54) is 5.56 Å². The molecule has 2 rings (SSSR count). The molecule has 4 heteroatoms. The van der Waals surface area contributed by atoms with Crippen LogP contribution in [-0.2, 0) is 6.54 Å². The molecule has 0 bridgehead atoms. The van der Waals surface area contributed by atoms with E-state index in [0.29, 0.717) is 5.92 Å². The minimum atomic E-state index is 0.649. The van der Waals surface area contributed by atoms with E-state index in [1.807, 2.05) is 30.5 Å². The van der Waals surface area contributed by atoms with Crippen LogP contribution in [-0.4, -0.2) is 11.5 Å². The largest absolute Gasteiger partial charge is 0.312 e. The van der Waals surface area contributed by atoms with Crippen molar-refractivity contribution >= 4 is 23.4 Å². The second-order valence-electron chi connectivity index (χ2n) is 5.05. The SMILES string of the molecule is CC(C)CNCc1cccnc1Sc1cccc(Cl)c1. The first-order chi connectivity index (χ1) is 9.65. The number of nitrogens with one attached hydrogen (secondary N) is 1. The molecule has 0 aliphatic heterocycles. The molecule has 0 radical (unpaired) electrons. The third-order valence-electron chi connectivity index (χ3n) is 2.73. The van der Waals surface area contributed by atoms with E-state index in [-0.39, 0.29) is 0 Å². The Kier molecular flexibility index (Phi) is 5.89. The van der Waals surface area contributed by atoms with Gasteiger partial charge in [0.05, 0.1) is 0 Å². The second kappa shape index (κ2) is 7.67. The monoisotopic (exact) mass is 306 g/mol. The molecule has 0 atom stereocenters. The summed E-state index contributed by atoms with van der Waals surface area (Å²) in [5, 5.41) is 5.25. The van der Waals surface area contributed by atoms with E-state index in [2.05, 4.69) is 36.3 Å². The van der Waals surface area contributed by atoms with Gasteiger partial charge >= 0.3 is 0 Å². The van der Waals surface area contributed by atoms with Crippen molar-refractivity contribution in [2.45, 2.75) is 30.3 Å². The zero-order valence-corrected chi connectivity index (χ0v) is 13.3. The van der Waals surface area contributed by atoms with Gasteiger partial charge in [-0.15, -0.1) is 0 Å². The number of rotatable bonds is 6. The average Bonchev–Trinajstić information content (AvgIpc) is 2.40. The summed E-state index contributed by atoms with van der Waals surface area (Å²) in [6.45, 7) is 6.26. The second-order valence-corrected chi connectivity index (χ2v) is 6.55. The Hall–Kier alpha value is -1.03. The van der Waals surface area contributed by atoms with Crippen molar-refractivity contribution in [1.82, 2.24) is 10.3 Å². The zero-order valence-electron chi connectivity index (χ0n) is 11.8. The van der Waals surface area contributed by atoms with Crippen LogP contribution < -0.4 is 5.32 Å². The van der Waals surface area contributed by atoms with E-state index < -0.39 is 0 Å². The topological polar surface area (TPSA) is 24.9 Å². The fraction of sp³-hybridized carbons (Fsp3) is 0.312. The van der Waals surface area contributed by atoms with Crippen LogP contribution in [0.3, 0.4) is 0 Å². The number of hydrogen-bond donors (Lipinski definition) is 1.